The maximum atomic E-state index is 11.9. The Hall–Kier alpha value is -1.00. The van der Waals surface area contributed by atoms with Gasteiger partial charge in [-0.25, -0.2) is 0 Å². The van der Waals surface area contributed by atoms with Gasteiger partial charge in [0.05, 0.1) is 0 Å². The van der Waals surface area contributed by atoms with Crippen LogP contribution in [0.1, 0.15) is 12.5 Å². The Bertz CT molecular complexity index is 391. The van der Waals surface area contributed by atoms with Crippen molar-refractivity contribution in [1.29, 1.82) is 0 Å². The Morgan fingerprint density at radius 3 is 2.50 bits per heavy atom. The fourth-order valence-corrected chi connectivity index (χ4v) is 2.31. The summed E-state index contributed by atoms with van der Waals surface area (Å²) in [5.74, 6) is 0.0515. The second-order valence-corrected chi connectivity index (χ2v) is 4.92. The molecule has 1 atom stereocenters. The van der Waals surface area contributed by atoms with Gasteiger partial charge in [-0.1, -0.05) is 12.1 Å². The van der Waals surface area contributed by atoms with Crippen LogP contribution < -0.4 is 10.6 Å². The minimum Gasteiger partial charge on any atom is -0.353 e. The zero-order chi connectivity index (χ0) is 11.6. The summed E-state index contributed by atoms with van der Waals surface area (Å²) < 4.78 is 0. The normalized spacial score (nSPS) is 25.2. The van der Waals surface area contributed by atoms with Crippen LogP contribution in [0.4, 0.5) is 0 Å². The molecule has 3 nitrogen and oxygen atoms in total. The fourth-order valence-electron chi connectivity index (χ4n) is 1.90. The minimum atomic E-state index is -0.588. The molecule has 0 aliphatic carbocycles. The molecule has 2 N–H and O–H groups in total. The number of hydrogen-bond donors (Lipinski definition) is 2. The number of carbonyl (C=O) groups excluding carboxylic acids is 1. The first-order valence-corrected chi connectivity index (χ1v) is 6.57. The summed E-state index contributed by atoms with van der Waals surface area (Å²) in [6.45, 7) is 3.44. The van der Waals surface area contributed by atoms with E-state index in [2.05, 4.69) is 22.8 Å². The highest BCUT2D eigenvalue weighted by Crippen LogP contribution is 2.25. The van der Waals surface area contributed by atoms with E-state index in [1.165, 1.54) is 4.90 Å². The second-order valence-electron chi connectivity index (χ2n) is 4.04. The highest BCUT2D eigenvalue weighted by Gasteiger charge is 2.36. The fraction of sp³-hybridized carbons (Fsp3) is 0.417. The van der Waals surface area contributed by atoms with E-state index >= 15 is 0 Å². The molecule has 86 valence electrons. The van der Waals surface area contributed by atoms with Gasteiger partial charge in [-0.2, -0.15) is 0 Å². The van der Waals surface area contributed by atoms with Crippen molar-refractivity contribution in [2.24, 2.45) is 0 Å². The van der Waals surface area contributed by atoms with Crippen LogP contribution in [0, 0.1) is 0 Å². The number of benzene rings is 1. The van der Waals surface area contributed by atoms with Gasteiger partial charge in [0.2, 0.25) is 5.91 Å². The van der Waals surface area contributed by atoms with Gasteiger partial charge < -0.3 is 5.32 Å². The molecule has 1 aliphatic rings. The lowest BCUT2D eigenvalue weighted by atomic mass is 9.89. The van der Waals surface area contributed by atoms with Crippen LogP contribution in [0.25, 0.3) is 0 Å². The van der Waals surface area contributed by atoms with Crippen LogP contribution in [0.5, 0.6) is 0 Å². The van der Waals surface area contributed by atoms with E-state index in [9.17, 15) is 4.79 Å². The maximum Gasteiger partial charge on any atom is 0.244 e. The summed E-state index contributed by atoms with van der Waals surface area (Å²) in [5, 5.41) is 6.17. The highest BCUT2D eigenvalue weighted by atomic mass is 32.2. The quantitative estimate of drug-likeness (QED) is 0.761. The molecular formula is C12H16N2OS. The van der Waals surface area contributed by atoms with E-state index in [1.54, 1.807) is 11.8 Å². The third-order valence-electron chi connectivity index (χ3n) is 3.01. The van der Waals surface area contributed by atoms with Gasteiger partial charge in [0.15, 0.2) is 0 Å². The van der Waals surface area contributed by atoms with Crippen molar-refractivity contribution in [3.8, 4) is 0 Å². The number of hydrogen-bond acceptors (Lipinski definition) is 3. The number of amides is 1. The van der Waals surface area contributed by atoms with Gasteiger partial charge >= 0.3 is 0 Å². The molecule has 0 bridgehead atoms. The zero-order valence-electron chi connectivity index (χ0n) is 9.54. The van der Waals surface area contributed by atoms with Crippen LogP contribution in [0.3, 0.4) is 0 Å². The van der Waals surface area contributed by atoms with Crippen molar-refractivity contribution in [1.82, 2.24) is 10.6 Å². The van der Waals surface area contributed by atoms with E-state index in [0.29, 0.717) is 6.54 Å². The van der Waals surface area contributed by atoms with Crippen LogP contribution in [0.2, 0.25) is 0 Å². The molecule has 1 saturated heterocycles. The van der Waals surface area contributed by atoms with E-state index in [1.807, 2.05) is 25.3 Å². The lowest BCUT2D eigenvalue weighted by Crippen LogP contribution is -2.59. The molecule has 1 unspecified atom stereocenters. The van der Waals surface area contributed by atoms with Gasteiger partial charge in [-0.3, -0.25) is 10.1 Å². The number of nitrogens with one attached hydrogen (secondary N) is 2. The molecule has 1 aliphatic heterocycles. The molecule has 1 aromatic rings. The van der Waals surface area contributed by atoms with Gasteiger partial charge in [0, 0.05) is 18.0 Å². The minimum absolute atomic E-state index is 0.0515. The summed E-state index contributed by atoms with van der Waals surface area (Å²) >= 11 is 1.70. The number of thioether (sulfide) groups is 1. The number of carbonyl (C=O) groups is 1. The lowest BCUT2D eigenvalue weighted by Gasteiger charge is -2.34. The first-order chi connectivity index (χ1) is 7.66. The van der Waals surface area contributed by atoms with Gasteiger partial charge in [-0.15, -0.1) is 11.8 Å². The third-order valence-corrected chi connectivity index (χ3v) is 3.75. The summed E-state index contributed by atoms with van der Waals surface area (Å²) in [6, 6.07) is 8.14. The first-order valence-electron chi connectivity index (χ1n) is 5.34. The van der Waals surface area contributed by atoms with Crippen LogP contribution in [-0.2, 0) is 10.3 Å². The topological polar surface area (TPSA) is 41.1 Å². The Kier molecular flexibility index (Phi) is 3.21. The van der Waals surface area contributed by atoms with Crippen molar-refractivity contribution in [3.05, 3.63) is 29.8 Å². The molecule has 4 heteroatoms. The summed E-state index contributed by atoms with van der Waals surface area (Å²) in [5.41, 5.74) is 0.428. The molecule has 1 aromatic carbocycles. The molecule has 0 aromatic heterocycles. The van der Waals surface area contributed by atoms with Gasteiger partial charge in [-0.05, 0) is 30.9 Å². The Balaban J connectivity index is 2.30. The standard InChI is InChI=1S/C12H16N2OS/c1-12(11(15)13-7-8-14-12)9-3-5-10(16-2)6-4-9/h3-6,14H,7-8H2,1-2H3,(H,13,15). The van der Waals surface area contributed by atoms with Crippen LogP contribution in [0.15, 0.2) is 29.2 Å². The predicted molar refractivity (Wildman–Crippen MR) is 66.6 cm³/mol. The molecule has 0 radical (unpaired) electrons. The predicted octanol–water partition coefficient (Wildman–Crippen LogP) is 1.34. The Morgan fingerprint density at radius 2 is 1.94 bits per heavy atom. The smallest absolute Gasteiger partial charge is 0.244 e. The molecule has 16 heavy (non-hydrogen) atoms. The number of piperazine rings is 1. The second kappa shape index (κ2) is 4.47. The van der Waals surface area contributed by atoms with Gasteiger partial charge in [0.1, 0.15) is 5.54 Å². The molecule has 1 amide bonds. The van der Waals surface area contributed by atoms with Gasteiger partial charge in [0.25, 0.3) is 0 Å². The van der Waals surface area contributed by atoms with E-state index in [0.717, 1.165) is 12.1 Å². The SMILES string of the molecule is CSc1ccc(C2(C)NCCNC2=O)cc1. The van der Waals surface area contributed by atoms with E-state index in [-0.39, 0.29) is 5.91 Å². The van der Waals surface area contributed by atoms with Crippen molar-refractivity contribution < 1.29 is 4.79 Å². The van der Waals surface area contributed by atoms with Crippen molar-refractivity contribution in [2.75, 3.05) is 19.3 Å². The average Bonchev–Trinajstić information content (AvgIpc) is 2.33. The molecule has 1 fully saturated rings. The molecular weight excluding hydrogens is 220 g/mol. The largest absolute Gasteiger partial charge is 0.353 e. The summed E-state index contributed by atoms with van der Waals surface area (Å²) in [4.78, 5) is 13.1. The highest BCUT2D eigenvalue weighted by molar-refractivity contribution is 7.98. The van der Waals surface area contributed by atoms with Crippen molar-refractivity contribution in [2.45, 2.75) is 17.4 Å². The van der Waals surface area contributed by atoms with Crippen LogP contribution in [-0.4, -0.2) is 25.3 Å². The molecule has 0 spiro atoms. The summed E-state index contributed by atoms with van der Waals surface area (Å²) in [6.07, 6.45) is 2.04. The molecule has 1 heterocycles. The molecule has 0 saturated carbocycles. The zero-order valence-corrected chi connectivity index (χ0v) is 10.4. The van der Waals surface area contributed by atoms with E-state index in [4.69, 9.17) is 0 Å². The monoisotopic (exact) mass is 236 g/mol. The summed E-state index contributed by atoms with van der Waals surface area (Å²) in [7, 11) is 0. The third kappa shape index (κ3) is 1.95. The maximum absolute atomic E-state index is 11.9. The Morgan fingerprint density at radius 1 is 1.25 bits per heavy atom. The van der Waals surface area contributed by atoms with Crippen LogP contribution >= 0.6 is 11.8 Å². The molecule has 2 rings (SSSR count). The average molecular weight is 236 g/mol. The first kappa shape index (κ1) is 11.5. The Labute approximate surface area is 100.0 Å². The number of rotatable bonds is 2. The van der Waals surface area contributed by atoms with E-state index < -0.39 is 5.54 Å². The van der Waals surface area contributed by atoms with Crippen molar-refractivity contribution >= 4 is 17.7 Å². The van der Waals surface area contributed by atoms with Crippen molar-refractivity contribution in [3.63, 3.8) is 0 Å². The lowest BCUT2D eigenvalue weighted by molar-refractivity contribution is -0.128.